The van der Waals surface area contributed by atoms with Gasteiger partial charge >= 0.3 is 0 Å². The molecule has 0 unspecified atom stereocenters. The van der Waals surface area contributed by atoms with Gasteiger partial charge in [-0.05, 0) is 35.9 Å². The van der Waals surface area contributed by atoms with E-state index >= 15 is 0 Å². The Morgan fingerprint density at radius 3 is 2.67 bits per heavy atom. The van der Waals surface area contributed by atoms with Crippen molar-refractivity contribution in [3.63, 3.8) is 0 Å². The zero-order valence-electron chi connectivity index (χ0n) is 16.8. The Labute approximate surface area is 179 Å². The predicted octanol–water partition coefficient (Wildman–Crippen LogP) is 5.27. The summed E-state index contributed by atoms with van der Waals surface area (Å²) in [6, 6.07) is 16.5. The lowest BCUT2D eigenvalue weighted by Gasteiger charge is -2.22. The van der Waals surface area contributed by atoms with Gasteiger partial charge in [0.05, 0.1) is 11.9 Å². The summed E-state index contributed by atoms with van der Waals surface area (Å²) < 4.78 is 1.86. The molecule has 1 fully saturated rings. The summed E-state index contributed by atoms with van der Waals surface area (Å²) in [5.74, 6) is -0.0930. The number of carbonyl (C=O) groups excluding carboxylic acids is 1. The summed E-state index contributed by atoms with van der Waals surface area (Å²) in [7, 11) is 0. The van der Waals surface area contributed by atoms with Gasteiger partial charge in [0.1, 0.15) is 0 Å². The molecule has 3 aromatic heterocycles. The highest BCUT2D eigenvalue weighted by atomic mass is 32.1. The van der Waals surface area contributed by atoms with Gasteiger partial charge < -0.3 is 5.32 Å². The number of rotatable bonds is 5. The second kappa shape index (κ2) is 8.40. The van der Waals surface area contributed by atoms with E-state index in [1.807, 2.05) is 41.2 Å². The first-order chi connectivity index (χ1) is 14.8. The Balaban J connectivity index is 1.59. The van der Waals surface area contributed by atoms with Crippen LogP contribution in [0.15, 0.2) is 60.1 Å². The molecule has 6 heteroatoms. The number of aromatic nitrogens is 3. The molecule has 0 aliphatic heterocycles. The molecule has 1 amide bonds. The van der Waals surface area contributed by atoms with E-state index in [1.165, 1.54) is 19.3 Å². The summed E-state index contributed by atoms with van der Waals surface area (Å²) in [5.41, 5.74) is 3.37. The number of pyridine rings is 1. The molecule has 1 N–H and O–H groups in total. The van der Waals surface area contributed by atoms with Crippen LogP contribution in [0.2, 0.25) is 0 Å². The normalized spacial score (nSPS) is 14.8. The molecule has 152 valence electrons. The van der Waals surface area contributed by atoms with Crippen LogP contribution in [-0.2, 0) is 6.54 Å². The Morgan fingerprint density at radius 1 is 1.07 bits per heavy atom. The molecular formula is C24H24N4OS. The van der Waals surface area contributed by atoms with E-state index in [1.54, 1.807) is 11.3 Å². The third kappa shape index (κ3) is 3.75. The second-order valence-corrected chi connectivity index (χ2v) is 8.78. The van der Waals surface area contributed by atoms with E-state index in [9.17, 15) is 4.79 Å². The minimum atomic E-state index is -0.0930. The number of fused-ring (bicyclic) bond motifs is 1. The highest BCUT2D eigenvalue weighted by molar-refractivity contribution is 7.13. The molecule has 0 atom stereocenters. The number of hydrogen-bond acceptors (Lipinski definition) is 4. The summed E-state index contributed by atoms with van der Waals surface area (Å²) in [6.45, 7) is 0.578. The van der Waals surface area contributed by atoms with Crippen LogP contribution in [0.4, 0.5) is 0 Å². The maximum atomic E-state index is 13.3. The van der Waals surface area contributed by atoms with Gasteiger partial charge in [0.15, 0.2) is 11.3 Å². The molecule has 30 heavy (non-hydrogen) atoms. The molecule has 0 radical (unpaired) electrons. The van der Waals surface area contributed by atoms with Gasteiger partial charge in [0, 0.05) is 22.7 Å². The summed E-state index contributed by atoms with van der Waals surface area (Å²) in [6.07, 6.45) is 7.51. The average Bonchev–Trinajstić information content (AvgIpc) is 3.44. The van der Waals surface area contributed by atoms with Gasteiger partial charge in [0.25, 0.3) is 5.91 Å². The highest BCUT2D eigenvalue weighted by Crippen LogP contribution is 2.33. The summed E-state index contributed by atoms with van der Waals surface area (Å²) >= 11 is 1.66. The predicted molar refractivity (Wildman–Crippen MR) is 121 cm³/mol. The van der Waals surface area contributed by atoms with Crippen molar-refractivity contribution in [2.24, 2.45) is 0 Å². The minimum absolute atomic E-state index is 0.0930. The van der Waals surface area contributed by atoms with Crippen molar-refractivity contribution in [1.29, 1.82) is 0 Å². The molecule has 1 aliphatic carbocycles. The highest BCUT2D eigenvalue weighted by Gasteiger charge is 2.24. The van der Waals surface area contributed by atoms with E-state index in [0.717, 1.165) is 39.9 Å². The van der Waals surface area contributed by atoms with Gasteiger partial charge in [-0.1, -0.05) is 55.7 Å². The third-order valence-electron chi connectivity index (χ3n) is 5.75. The maximum Gasteiger partial charge on any atom is 0.272 e. The van der Waals surface area contributed by atoms with E-state index in [4.69, 9.17) is 5.10 Å². The van der Waals surface area contributed by atoms with E-state index in [0.29, 0.717) is 12.2 Å². The molecule has 1 aromatic carbocycles. The second-order valence-electron chi connectivity index (χ2n) is 7.83. The number of nitrogens with zero attached hydrogens (tertiary/aromatic N) is 3. The monoisotopic (exact) mass is 416 g/mol. The number of carbonyl (C=O) groups is 1. The Morgan fingerprint density at radius 2 is 1.90 bits per heavy atom. The van der Waals surface area contributed by atoms with E-state index in [2.05, 4.69) is 33.9 Å². The third-order valence-corrected chi connectivity index (χ3v) is 6.65. The summed E-state index contributed by atoms with van der Waals surface area (Å²) in [4.78, 5) is 19.0. The fraction of sp³-hybridized carbons (Fsp3) is 0.292. The standard InChI is InChI=1S/C24H24N4OS/c29-24(26-18-10-5-2-6-11-18)22-21-19(20-12-7-15-30-20)13-14-25-23(21)28(27-22)16-17-8-3-1-4-9-17/h1,3-4,7-9,12-15,18H,2,5-6,10-11,16H2,(H,26,29). The van der Waals surface area contributed by atoms with Crippen LogP contribution in [0.25, 0.3) is 21.5 Å². The Kier molecular flexibility index (Phi) is 5.32. The van der Waals surface area contributed by atoms with Crippen molar-refractivity contribution in [1.82, 2.24) is 20.1 Å². The molecule has 1 saturated carbocycles. The fourth-order valence-corrected chi connectivity index (χ4v) is 5.02. The largest absolute Gasteiger partial charge is 0.348 e. The molecule has 0 bridgehead atoms. The van der Waals surface area contributed by atoms with Crippen LogP contribution in [-0.4, -0.2) is 26.7 Å². The molecule has 1 aliphatic rings. The van der Waals surface area contributed by atoms with Gasteiger partial charge in [-0.3, -0.25) is 4.79 Å². The smallest absolute Gasteiger partial charge is 0.272 e. The van der Waals surface area contributed by atoms with E-state index < -0.39 is 0 Å². The van der Waals surface area contributed by atoms with Crippen LogP contribution < -0.4 is 5.32 Å². The lowest BCUT2D eigenvalue weighted by atomic mass is 9.95. The first kappa shape index (κ1) is 19.0. The van der Waals surface area contributed by atoms with Gasteiger partial charge in [-0.15, -0.1) is 11.3 Å². The summed E-state index contributed by atoms with van der Waals surface area (Å²) in [5, 5.41) is 10.9. The molecule has 4 aromatic rings. The zero-order valence-corrected chi connectivity index (χ0v) is 17.6. The van der Waals surface area contributed by atoms with E-state index in [-0.39, 0.29) is 11.9 Å². The van der Waals surface area contributed by atoms with Crippen molar-refractivity contribution < 1.29 is 4.79 Å². The van der Waals surface area contributed by atoms with Crippen LogP contribution in [0.3, 0.4) is 0 Å². The fourth-order valence-electron chi connectivity index (χ4n) is 4.26. The molecular weight excluding hydrogens is 392 g/mol. The molecule has 5 nitrogen and oxygen atoms in total. The lowest BCUT2D eigenvalue weighted by Crippen LogP contribution is -2.36. The SMILES string of the molecule is O=C(NC1CCCCC1)c1nn(Cc2ccccc2)c2nccc(-c3cccs3)c12. The van der Waals surface area contributed by atoms with Crippen LogP contribution >= 0.6 is 11.3 Å². The zero-order chi connectivity index (χ0) is 20.3. The van der Waals surface area contributed by atoms with Crippen molar-refractivity contribution >= 4 is 28.3 Å². The van der Waals surface area contributed by atoms with Crippen LogP contribution in [0, 0.1) is 0 Å². The average molecular weight is 417 g/mol. The minimum Gasteiger partial charge on any atom is -0.348 e. The Bertz CT molecular complexity index is 1140. The Hall–Kier alpha value is -2.99. The van der Waals surface area contributed by atoms with Crippen LogP contribution in [0.1, 0.15) is 48.2 Å². The number of hydrogen-bond donors (Lipinski definition) is 1. The number of nitrogens with one attached hydrogen (secondary N) is 1. The molecule has 5 rings (SSSR count). The van der Waals surface area contributed by atoms with Crippen molar-refractivity contribution in [3.05, 3.63) is 71.4 Å². The lowest BCUT2D eigenvalue weighted by molar-refractivity contribution is 0.0923. The quantitative estimate of drug-likeness (QED) is 0.482. The maximum absolute atomic E-state index is 13.3. The van der Waals surface area contributed by atoms with Crippen molar-refractivity contribution in [2.45, 2.75) is 44.7 Å². The van der Waals surface area contributed by atoms with Crippen LogP contribution in [0.5, 0.6) is 0 Å². The topological polar surface area (TPSA) is 59.8 Å². The molecule has 0 spiro atoms. The first-order valence-corrected chi connectivity index (χ1v) is 11.4. The van der Waals surface area contributed by atoms with Crippen molar-refractivity contribution in [2.75, 3.05) is 0 Å². The number of amides is 1. The van der Waals surface area contributed by atoms with Gasteiger partial charge in [0.2, 0.25) is 0 Å². The first-order valence-electron chi connectivity index (χ1n) is 10.5. The number of benzene rings is 1. The number of thiophene rings is 1. The van der Waals surface area contributed by atoms with Gasteiger partial charge in [-0.25, -0.2) is 9.67 Å². The van der Waals surface area contributed by atoms with Crippen molar-refractivity contribution in [3.8, 4) is 10.4 Å². The molecule has 0 saturated heterocycles. The van der Waals surface area contributed by atoms with Gasteiger partial charge in [-0.2, -0.15) is 5.10 Å². The molecule has 3 heterocycles.